The molecule has 0 bridgehead atoms. The zero-order valence-corrected chi connectivity index (χ0v) is 17.4. The number of aryl methyl sites for hydroxylation is 1. The maximum absolute atomic E-state index is 12.5. The highest BCUT2D eigenvalue weighted by Gasteiger charge is 2.34. The number of rotatable bonds is 9. The molecule has 4 rings (SSSR count). The molecule has 0 spiro atoms. The second-order valence-electron chi connectivity index (χ2n) is 7.86. The van der Waals surface area contributed by atoms with Crippen molar-refractivity contribution >= 4 is 17.6 Å². The Labute approximate surface area is 182 Å². The van der Waals surface area contributed by atoms with Crippen molar-refractivity contribution in [3.05, 3.63) is 107 Å². The number of hydrogen-bond acceptors (Lipinski definition) is 3. The summed E-state index contributed by atoms with van der Waals surface area (Å²) < 4.78 is 0. The van der Waals surface area contributed by atoms with Crippen LogP contribution in [0.5, 0.6) is 0 Å². The van der Waals surface area contributed by atoms with Gasteiger partial charge in [0, 0.05) is 17.7 Å². The van der Waals surface area contributed by atoms with E-state index in [1.54, 1.807) is 24.3 Å². The summed E-state index contributed by atoms with van der Waals surface area (Å²) in [6, 6.07) is 24.2. The molecule has 0 unspecified atom stereocenters. The number of carbonyl (C=O) groups is 3. The standard InChI is InChI=1S/C27H25NO3/c29-25(21-11-5-3-6-12-21)22-17-15-20(16-18-22)10-4-1-2-9-19-28-26(30)23-13-7-8-14-24(23)27(28)31/h3,5-8,11-18H,1-2,4,9-10,19H2. The lowest BCUT2D eigenvalue weighted by molar-refractivity contribution is 0.0651. The summed E-state index contributed by atoms with van der Waals surface area (Å²) in [5, 5.41) is 0. The number of amides is 2. The maximum Gasteiger partial charge on any atom is 0.261 e. The molecule has 0 fully saturated rings. The van der Waals surface area contributed by atoms with E-state index < -0.39 is 0 Å². The Morgan fingerprint density at radius 3 is 1.81 bits per heavy atom. The third kappa shape index (κ3) is 4.64. The molecule has 1 aliphatic heterocycles. The molecule has 3 aromatic rings. The molecule has 0 N–H and O–H groups in total. The Balaban J connectivity index is 1.18. The average Bonchev–Trinajstić information content (AvgIpc) is 3.06. The number of unbranched alkanes of at least 4 members (excludes halogenated alkanes) is 3. The van der Waals surface area contributed by atoms with E-state index >= 15 is 0 Å². The predicted octanol–water partition coefficient (Wildman–Crippen LogP) is 5.32. The molecule has 2 amide bonds. The minimum absolute atomic E-state index is 0.0420. The molecule has 1 aliphatic rings. The summed E-state index contributed by atoms with van der Waals surface area (Å²) in [4.78, 5) is 38.6. The fourth-order valence-electron chi connectivity index (χ4n) is 3.97. The Hall–Kier alpha value is -3.53. The van der Waals surface area contributed by atoms with Crippen LogP contribution in [0.15, 0.2) is 78.9 Å². The quantitative estimate of drug-likeness (QED) is 0.272. The van der Waals surface area contributed by atoms with E-state index in [-0.39, 0.29) is 17.6 Å². The first-order valence-corrected chi connectivity index (χ1v) is 10.8. The molecule has 31 heavy (non-hydrogen) atoms. The Bertz CT molecular complexity index is 1050. The first-order valence-electron chi connectivity index (χ1n) is 10.8. The van der Waals surface area contributed by atoms with E-state index in [4.69, 9.17) is 0 Å². The first-order chi connectivity index (χ1) is 15.1. The van der Waals surface area contributed by atoms with Crippen LogP contribution < -0.4 is 0 Å². The van der Waals surface area contributed by atoms with E-state index in [2.05, 4.69) is 0 Å². The van der Waals surface area contributed by atoms with Crippen molar-refractivity contribution in [3.8, 4) is 0 Å². The second-order valence-corrected chi connectivity index (χ2v) is 7.86. The summed E-state index contributed by atoms with van der Waals surface area (Å²) in [6.45, 7) is 0.475. The number of nitrogens with zero attached hydrogens (tertiary/aromatic N) is 1. The van der Waals surface area contributed by atoms with Crippen LogP contribution in [0.3, 0.4) is 0 Å². The highest BCUT2D eigenvalue weighted by atomic mass is 16.2. The number of hydrogen-bond donors (Lipinski definition) is 0. The SMILES string of the molecule is O=C(c1ccccc1)c1ccc(CCCCCCN2C(=O)c3ccccc3C2=O)cc1. The van der Waals surface area contributed by atoms with Gasteiger partial charge < -0.3 is 0 Å². The van der Waals surface area contributed by atoms with Gasteiger partial charge in [0.05, 0.1) is 11.1 Å². The van der Waals surface area contributed by atoms with Crippen LogP contribution in [0.2, 0.25) is 0 Å². The van der Waals surface area contributed by atoms with E-state index in [1.165, 1.54) is 10.5 Å². The molecule has 3 aromatic carbocycles. The molecule has 0 aromatic heterocycles. The summed E-state index contributed by atoms with van der Waals surface area (Å²) >= 11 is 0. The van der Waals surface area contributed by atoms with Crippen molar-refractivity contribution < 1.29 is 14.4 Å². The minimum Gasteiger partial charge on any atom is -0.289 e. The summed E-state index contributed by atoms with van der Waals surface area (Å²) in [5.74, 6) is -0.309. The van der Waals surface area contributed by atoms with Crippen molar-refractivity contribution in [1.82, 2.24) is 4.90 Å². The molecule has 0 aliphatic carbocycles. The molecule has 0 radical (unpaired) electrons. The van der Waals surface area contributed by atoms with Crippen molar-refractivity contribution in [1.29, 1.82) is 0 Å². The van der Waals surface area contributed by atoms with Gasteiger partial charge in [-0.25, -0.2) is 0 Å². The Morgan fingerprint density at radius 1 is 0.613 bits per heavy atom. The van der Waals surface area contributed by atoms with Crippen LogP contribution >= 0.6 is 0 Å². The predicted molar refractivity (Wildman–Crippen MR) is 120 cm³/mol. The van der Waals surface area contributed by atoms with Crippen LogP contribution in [0.25, 0.3) is 0 Å². The fraction of sp³-hybridized carbons (Fsp3) is 0.222. The van der Waals surface area contributed by atoms with Gasteiger partial charge in [-0.2, -0.15) is 0 Å². The second kappa shape index (κ2) is 9.52. The first kappa shape index (κ1) is 20.7. The van der Waals surface area contributed by atoms with Gasteiger partial charge in [-0.1, -0.05) is 79.6 Å². The Kier molecular flexibility index (Phi) is 6.37. The molecule has 4 heteroatoms. The molecular formula is C27H25NO3. The summed E-state index contributed by atoms with van der Waals surface area (Å²) in [5.41, 5.74) is 3.65. The summed E-state index contributed by atoms with van der Waals surface area (Å²) in [6.07, 6.45) is 4.81. The van der Waals surface area contributed by atoms with Gasteiger partial charge in [0.15, 0.2) is 5.78 Å². The minimum atomic E-state index is -0.175. The smallest absolute Gasteiger partial charge is 0.261 e. The van der Waals surface area contributed by atoms with Gasteiger partial charge in [0.25, 0.3) is 11.8 Å². The van der Waals surface area contributed by atoms with Crippen LogP contribution in [-0.2, 0) is 6.42 Å². The lowest BCUT2D eigenvalue weighted by Gasteiger charge is -2.13. The van der Waals surface area contributed by atoms with Crippen molar-refractivity contribution in [2.75, 3.05) is 6.54 Å². The number of fused-ring (bicyclic) bond motifs is 1. The monoisotopic (exact) mass is 411 g/mol. The van der Waals surface area contributed by atoms with Crippen LogP contribution in [0.1, 0.15) is 67.9 Å². The van der Waals surface area contributed by atoms with E-state index in [0.717, 1.165) is 32.1 Å². The molecule has 0 saturated carbocycles. The van der Waals surface area contributed by atoms with Gasteiger partial charge in [-0.3, -0.25) is 19.3 Å². The third-order valence-electron chi connectivity index (χ3n) is 5.73. The molecule has 1 heterocycles. The van der Waals surface area contributed by atoms with Gasteiger partial charge >= 0.3 is 0 Å². The van der Waals surface area contributed by atoms with Crippen molar-refractivity contribution in [2.24, 2.45) is 0 Å². The largest absolute Gasteiger partial charge is 0.289 e. The number of imide groups is 1. The van der Waals surface area contributed by atoms with E-state index in [0.29, 0.717) is 28.8 Å². The number of benzene rings is 3. The van der Waals surface area contributed by atoms with Gasteiger partial charge in [-0.15, -0.1) is 0 Å². The molecule has 0 atom stereocenters. The van der Waals surface area contributed by atoms with Gasteiger partial charge in [0.1, 0.15) is 0 Å². The Morgan fingerprint density at radius 2 is 1.16 bits per heavy atom. The highest BCUT2D eigenvalue weighted by Crippen LogP contribution is 2.23. The summed E-state index contributed by atoms with van der Waals surface area (Å²) in [7, 11) is 0. The fourth-order valence-corrected chi connectivity index (χ4v) is 3.97. The van der Waals surface area contributed by atoms with E-state index in [9.17, 15) is 14.4 Å². The number of carbonyl (C=O) groups excluding carboxylic acids is 3. The lowest BCUT2D eigenvalue weighted by Crippen LogP contribution is -2.30. The zero-order valence-electron chi connectivity index (χ0n) is 17.4. The van der Waals surface area contributed by atoms with Crippen LogP contribution in [-0.4, -0.2) is 29.0 Å². The van der Waals surface area contributed by atoms with Crippen LogP contribution in [0.4, 0.5) is 0 Å². The van der Waals surface area contributed by atoms with Crippen molar-refractivity contribution in [3.63, 3.8) is 0 Å². The average molecular weight is 412 g/mol. The molecular weight excluding hydrogens is 386 g/mol. The van der Waals surface area contributed by atoms with Gasteiger partial charge in [-0.05, 0) is 37.0 Å². The maximum atomic E-state index is 12.5. The topological polar surface area (TPSA) is 54.5 Å². The molecule has 156 valence electrons. The normalized spacial score (nSPS) is 12.8. The lowest BCUT2D eigenvalue weighted by atomic mass is 10.00. The highest BCUT2D eigenvalue weighted by molar-refractivity contribution is 6.21. The van der Waals surface area contributed by atoms with Gasteiger partial charge in [0.2, 0.25) is 0 Å². The van der Waals surface area contributed by atoms with Crippen LogP contribution in [0, 0.1) is 0 Å². The van der Waals surface area contributed by atoms with E-state index in [1.807, 2.05) is 54.6 Å². The number of ketones is 1. The molecule has 0 saturated heterocycles. The zero-order chi connectivity index (χ0) is 21.6. The molecule has 4 nitrogen and oxygen atoms in total. The third-order valence-corrected chi connectivity index (χ3v) is 5.73. The van der Waals surface area contributed by atoms with Crippen molar-refractivity contribution in [2.45, 2.75) is 32.1 Å².